The van der Waals surface area contributed by atoms with Crippen LogP contribution in [0.5, 0.6) is 0 Å². The Labute approximate surface area is 211 Å². The maximum atomic E-state index is 7.92. The summed E-state index contributed by atoms with van der Waals surface area (Å²) >= 11 is 0. The van der Waals surface area contributed by atoms with E-state index in [9.17, 15) is 0 Å². The first-order valence-electron chi connectivity index (χ1n) is 12.9. The third-order valence-corrected chi connectivity index (χ3v) is 6.62. The summed E-state index contributed by atoms with van der Waals surface area (Å²) in [6.45, 7) is 13.9. The highest BCUT2D eigenvalue weighted by Gasteiger charge is 2.36. The second-order valence-electron chi connectivity index (χ2n) is 11.1. The van der Waals surface area contributed by atoms with Crippen LogP contribution in [0.4, 0.5) is 0 Å². The first-order chi connectivity index (χ1) is 16.6. The quantitative estimate of drug-likeness (QED) is 0.317. The molecule has 1 unspecified atom stereocenters. The van der Waals surface area contributed by atoms with Gasteiger partial charge in [0.05, 0.1) is 5.71 Å². The summed E-state index contributed by atoms with van der Waals surface area (Å²) in [7, 11) is 0. The van der Waals surface area contributed by atoms with Crippen LogP contribution in [-0.4, -0.2) is 42.1 Å². The molecular formula is C29H43N5O. The maximum Gasteiger partial charge on any atom is 0.127 e. The van der Waals surface area contributed by atoms with Crippen molar-refractivity contribution in [3.05, 3.63) is 53.2 Å². The molecule has 190 valence electrons. The fraction of sp³-hybridized carbons (Fsp3) is 0.552. The summed E-state index contributed by atoms with van der Waals surface area (Å²) < 4.78 is 5.75. The molecule has 6 heteroatoms. The van der Waals surface area contributed by atoms with Crippen LogP contribution in [0.25, 0.3) is 5.57 Å². The number of nitrogens with one attached hydrogen (secondary N) is 3. The molecule has 0 radical (unpaired) electrons. The minimum Gasteiger partial charge on any atom is -0.366 e. The van der Waals surface area contributed by atoms with Crippen molar-refractivity contribution in [2.24, 2.45) is 16.1 Å². The molecule has 6 nitrogen and oxygen atoms in total. The molecule has 2 saturated heterocycles. The Morgan fingerprint density at radius 2 is 1.91 bits per heavy atom. The lowest BCUT2D eigenvalue weighted by molar-refractivity contribution is 0.00348. The molecule has 1 atom stereocenters. The van der Waals surface area contributed by atoms with Crippen LogP contribution in [-0.2, 0) is 4.74 Å². The number of allylic oxidation sites excluding steroid dienone is 3. The van der Waals surface area contributed by atoms with Gasteiger partial charge in [-0.05, 0) is 96.8 Å². The van der Waals surface area contributed by atoms with Crippen molar-refractivity contribution in [1.29, 1.82) is 5.41 Å². The highest BCUT2D eigenvalue weighted by atomic mass is 16.5. The molecule has 2 fully saturated rings. The normalized spacial score (nSPS) is 23.7. The average molecular weight is 478 g/mol. The maximum absolute atomic E-state index is 7.92. The van der Waals surface area contributed by atoms with Gasteiger partial charge in [-0.2, -0.15) is 10.2 Å². The first-order valence-corrected chi connectivity index (χ1v) is 12.9. The van der Waals surface area contributed by atoms with Crippen molar-refractivity contribution >= 4 is 23.7 Å². The summed E-state index contributed by atoms with van der Waals surface area (Å²) in [5.74, 6) is 0.470. The molecule has 0 aliphatic carbocycles. The number of benzene rings is 1. The van der Waals surface area contributed by atoms with Gasteiger partial charge >= 0.3 is 0 Å². The largest absolute Gasteiger partial charge is 0.366 e. The zero-order chi connectivity index (χ0) is 25.5. The first kappa shape index (κ1) is 27.0. The highest BCUT2D eigenvalue weighted by molar-refractivity contribution is 6.11. The highest BCUT2D eigenvalue weighted by Crippen LogP contribution is 2.33. The SMILES string of the molecule is C/C=N/N=C(\C=C/C1CC(C)(C)NC(C)(C)C1)c1ccc(/C(C=N)=C/NC2CCCCO2)cc1C. The lowest BCUT2D eigenvalue weighted by Crippen LogP contribution is -2.57. The summed E-state index contributed by atoms with van der Waals surface area (Å²) in [6, 6.07) is 6.26. The minimum absolute atomic E-state index is 0.0276. The van der Waals surface area contributed by atoms with Crippen molar-refractivity contribution in [3.8, 4) is 0 Å². The molecule has 35 heavy (non-hydrogen) atoms. The Kier molecular flexibility index (Phi) is 9.20. The van der Waals surface area contributed by atoms with E-state index in [4.69, 9.17) is 10.1 Å². The van der Waals surface area contributed by atoms with E-state index in [-0.39, 0.29) is 17.3 Å². The van der Waals surface area contributed by atoms with Gasteiger partial charge in [-0.3, -0.25) is 0 Å². The molecule has 1 aromatic rings. The Bertz CT molecular complexity index is 980. The van der Waals surface area contributed by atoms with Crippen LogP contribution in [0.1, 0.15) is 83.4 Å². The van der Waals surface area contributed by atoms with Gasteiger partial charge in [0.2, 0.25) is 0 Å². The summed E-state index contributed by atoms with van der Waals surface area (Å²) in [5.41, 5.74) is 5.03. The van der Waals surface area contributed by atoms with Crippen LogP contribution in [0.2, 0.25) is 0 Å². The molecule has 2 aliphatic rings. The summed E-state index contributed by atoms with van der Waals surface area (Å²) in [5, 5.41) is 23.7. The average Bonchev–Trinajstić information content (AvgIpc) is 2.79. The van der Waals surface area contributed by atoms with Gasteiger partial charge in [-0.15, -0.1) is 0 Å². The molecule has 0 aromatic heterocycles. The second-order valence-corrected chi connectivity index (χ2v) is 11.1. The number of hydrogen-bond acceptors (Lipinski definition) is 6. The summed E-state index contributed by atoms with van der Waals surface area (Å²) in [6.07, 6.45) is 14.9. The number of hydrogen-bond donors (Lipinski definition) is 3. The summed E-state index contributed by atoms with van der Waals surface area (Å²) in [4.78, 5) is 0. The van der Waals surface area contributed by atoms with E-state index in [2.05, 4.69) is 85.8 Å². The van der Waals surface area contributed by atoms with Crippen LogP contribution in [0.15, 0.2) is 46.8 Å². The third-order valence-electron chi connectivity index (χ3n) is 6.62. The zero-order valence-corrected chi connectivity index (χ0v) is 22.3. The van der Waals surface area contributed by atoms with Crippen molar-refractivity contribution in [2.45, 2.75) is 91.0 Å². The standard InChI is InChI=1S/C29H43N5O/c1-7-32-33-26(14-11-22-17-28(3,4)34-29(5,6)18-22)25-13-12-23(16-21(25)2)24(19-30)20-31-27-10-8-9-15-35-27/h7,11-14,16,19-20,22,27,30-31,34H,8-10,15,17-18H2,1-6H3/b14-11-,24-20+,30-19?,32-7+,33-26+. The van der Waals surface area contributed by atoms with Crippen LogP contribution in [0.3, 0.4) is 0 Å². The molecule has 0 bridgehead atoms. The molecule has 3 N–H and O–H groups in total. The molecule has 0 amide bonds. The van der Waals surface area contributed by atoms with Gasteiger partial charge in [0.1, 0.15) is 6.23 Å². The van der Waals surface area contributed by atoms with Crippen molar-refractivity contribution < 1.29 is 4.74 Å². The van der Waals surface area contributed by atoms with Crippen molar-refractivity contribution in [3.63, 3.8) is 0 Å². The van der Waals surface area contributed by atoms with Gasteiger partial charge in [0, 0.05) is 47.5 Å². The predicted octanol–water partition coefficient (Wildman–Crippen LogP) is 6.01. The Morgan fingerprint density at radius 3 is 2.51 bits per heavy atom. The van der Waals surface area contributed by atoms with Crippen molar-refractivity contribution in [1.82, 2.24) is 10.6 Å². The topological polar surface area (TPSA) is 81.9 Å². The lowest BCUT2D eigenvalue weighted by atomic mass is 9.75. The fourth-order valence-electron chi connectivity index (χ4n) is 5.46. The molecular weight excluding hydrogens is 434 g/mol. The fourth-order valence-corrected chi connectivity index (χ4v) is 5.46. The molecule has 1 aromatic carbocycles. The van der Waals surface area contributed by atoms with E-state index in [0.29, 0.717) is 5.92 Å². The van der Waals surface area contributed by atoms with Gasteiger partial charge in [0.25, 0.3) is 0 Å². The zero-order valence-electron chi connectivity index (χ0n) is 22.3. The molecule has 2 heterocycles. The number of nitrogens with zero attached hydrogens (tertiary/aromatic N) is 2. The third kappa shape index (κ3) is 7.97. The van der Waals surface area contributed by atoms with E-state index in [1.165, 1.54) is 12.6 Å². The number of piperidine rings is 1. The molecule has 0 spiro atoms. The molecule has 3 rings (SSSR count). The predicted molar refractivity (Wildman–Crippen MR) is 149 cm³/mol. The number of aryl methyl sites for hydroxylation is 1. The van der Waals surface area contributed by atoms with Gasteiger partial charge in [-0.1, -0.05) is 24.3 Å². The van der Waals surface area contributed by atoms with E-state index in [0.717, 1.165) is 60.3 Å². The smallest absolute Gasteiger partial charge is 0.127 e. The molecule has 0 saturated carbocycles. The van der Waals surface area contributed by atoms with Crippen LogP contribution >= 0.6 is 0 Å². The van der Waals surface area contributed by atoms with Gasteiger partial charge in [0.15, 0.2) is 0 Å². The van der Waals surface area contributed by atoms with E-state index in [1.807, 2.05) is 13.1 Å². The Morgan fingerprint density at radius 1 is 1.17 bits per heavy atom. The van der Waals surface area contributed by atoms with Crippen molar-refractivity contribution in [2.75, 3.05) is 6.61 Å². The van der Waals surface area contributed by atoms with Gasteiger partial charge in [-0.25, -0.2) is 0 Å². The second kappa shape index (κ2) is 11.9. The molecule has 2 aliphatic heterocycles. The number of ether oxygens (including phenoxy) is 1. The van der Waals surface area contributed by atoms with Gasteiger partial charge < -0.3 is 20.8 Å². The van der Waals surface area contributed by atoms with E-state index in [1.54, 1.807) is 6.21 Å². The van der Waals surface area contributed by atoms with Crippen LogP contribution in [0, 0.1) is 18.3 Å². The minimum atomic E-state index is 0.0276. The van der Waals surface area contributed by atoms with Crippen LogP contribution < -0.4 is 10.6 Å². The van der Waals surface area contributed by atoms with E-state index < -0.39 is 0 Å². The lowest BCUT2D eigenvalue weighted by Gasteiger charge is -2.45. The van der Waals surface area contributed by atoms with E-state index >= 15 is 0 Å². The number of rotatable bonds is 8. The monoisotopic (exact) mass is 477 g/mol. The Hall–Kier alpha value is -2.57. The Balaban J connectivity index is 1.82.